The van der Waals surface area contributed by atoms with Crippen molar-refractivity contribution in [2.75, 3.05) is 35.9 Å². The first-order valence-corrected chi connectivity index (χ1v) is 15.8. The van der Waals surface area contributed by atoms with E-state index in [0.29, 0.717) is 48.5 Å². The van der Waals surface area contributed by atoms with Crippen molar-refractivity contribution >= 4 is 43.8 Å². The fourth-order valence-electron chi connectivity index (χ4n) is 5.09. The molecule has 0 radical (unpaired) electrons. The number of nitrogens with zero attached hydrogens (tertiary/aromatic N) is 4. The molecule has 1 saturated heterocycles. The maximum Gasteiger partial charge on any atom is 0.240 e. The Bertz CT molecular complexity index is 1630. The average Bonchev–Trinajstić information content (AvgIpc) is 3.63. The van der Waals surface area contributed by atoms with Crippen LogP contribution in [0.1, 0.15) is 24.3 Å². The normalized spacial score (nSPS) is 20.0. The maximum atomic E-state index is 14.1. The molecule has 1 aliphatic carbocycles. The second-order valence-electron chi connectivity index (χ2n) is 10.6. The molecule has 40 heavy (non-hydrogen) atoms. The van der Waals surface area contributed by atoms with Crippen LogP contribution < -0.4 is 14.8 Å². The number of nitrogens with one attached hydrogen (secondary N) is 2. The van der Waals surface area contributed by atoms with E-state index in [1.165, 1.54) is 11.3 Å². The van der Waals surface area contributed by atoms with Gasteiger partial charge in [0.25, 0.3) is 0 Å². The van der Waals surface area contributed by atoms with Gasteiger partial charge in [-0.25, -0.2) is 27.8 Å². The smallest absolute Gasteiger partial charge is 0.240 e. The van der Waals surface area contributed by atoms with E-state index in [-0.39, 0.29) is 17.7 Å². The van der Waals surface area contributed by atoms with Gasteiger partial charge in [0.05, 0.1) is 22.1 Å². The molecule has 2 aromatic carbocycles. The van der Waals surface area contributed by atoms with E-state index >= 15 is 0 Å². The topological polar surface area (TPSA) is 109 Å². The number of likely N-dealkylation sites (N-methyl/N-ethyl adjacent to an activating group) is 1. The molecule has 2 N–H and O–H groups in total. The van der Waals surface area contributed by atoms with E-state index in [2.05, 4.69) is 20.0 Å². The molecule has 0 spiro atoms. The first-order valence-electron chi connectivity index (χ1n) is 13.3. The highest BCUT2D eigenvalue weighted by Gasteiger charge is 2.29. The zero-order valence-corrected chi connectivity index (χ0v) is 23.9. The molecule has 1 saturated carbocycles. The summed E-state index contributed by atoms with van der Waals surface area (Å²) < 4.78 is 48.5. The Balaban J connectivity index is 1.27. The summed E-state index contributed by atoms with van der Waals surface area (Å²) in [6, 6.07) is 12.7. The second-order valence-corrected chi connectivity index (χ2v) is 13.6. The summed E-state index contributed by atoms with van der Waals surface area (Å²) in [6.45, 7) is 3.04. The number of halogens is 1. The third-order valence-corrected chi connectivity index (χ3v) is 9.43. The molecule has 2 aromatic heterocycles. The monoisotopic (exact) mass is 582 g/mol. The minimum absolute atomic E-state index is 0.0884. The molecule has 9 nitrogen and oxygen atoms in total. The summed E-state index contributed by atoms with van der Waals surface area (Å²) >= 11 is 1.46. The number of anilines is 2. The van der Waals surface area contributed by atoms with Crippen LogP contribution in [0.3, 0.4) is 0 Å². The van der Waals surface area contributed by atoms with E-state index in [0.717, 1.165) is 33.5 Å². The number of benzene rings is 2. The summed E-state index contributed by atoms with van der Waals surface area (Å²) in [7, 11) is -1.54. The van der Waals surface area contributed by atoms with Crippen LogP contribution in [0.25, 0.3) is 21.3 Å². The minimum Gasteiger partial charge on any atom is -0.437 e. The molecule has 6 rings (SSSR count). The predicted octanol–water partition coefficient (Wildman–Crippen LogP) is 5.46. The molecule has 0 unspecified atom stereocenters. The summed E-state index contributed by atoms with van der Waals surface area (Å²) in [5.74, 6) is 1.78. The van der Waals surface area contributed by atoms with E-state index in [4.69, 9.17) is 9.72 Å². The lowest BCUT2D eigenvalue weighted by Crippen LogP contribution is -2.45. The standard InChI is InChI=1S/C28H31FN6O3S2/c1-17-31-27(26(39-17)24-11-12-30-28(33-24)32-20-13-19(29)14-35(2)15-20)38-25-10-9-23(21-5-3-4-6-22(21)25)34-40(36,37)16-18-7-8-18/h3-6,9-12,18-20,34H,7-8,13-16H2,1-2H3,(H,30,32,33)/t19-,20-/m0/s1. The first-order chi connectivity index (χ1) is 19.2. The Morgan fingerprint density at radius 2 is 1.90 bits per heavy atom. The first kappa shape index (κ1) is 26.9. The number of hydrogen-bond acceptors (Lipinski definition) is 9. The minimum atomic E-state index is -3.44. The fraction of sp³-hybridized carbons (Fsp3) is 0.393. The molecule has 0 bridgehead atoms. The largest absolute Gasteiger partial charge is 0.437 e. The van der Waals surface area contributed by atoms with Gasteiger partial charge in [0.15, 0.2) is 0 Å². The average molecular weight is 583 g/mol. The van der Waals surface area contributed by atoms with Crippen molar-refractivity contribution in [3.8, 4) is 22.2 Å². The maximum absolute atomic E-state index is 14.1. The fourth-order valence-corrected chi connectivity index (χ4v) is 7.45. The Morgan fingerprint density at radius 3 is 2.67 bits per heavy atom. The molecule has 4 aromatic rings. The van der Waals surface area contributed by atoms with Gasteiger partial charge in [-0.1, -0.05) is 24.3 Å². The Hall–Kier alpha value is -3.35. The summed E-state index contributed by atoms with van der Waals surface area (Å²) in [6.07, 6.45) is 3.11. The Labute approximate surface area is 236 Å². The number of rotatable bonds is 9. The molecule has 2 aliphatic rings. The zero-order valence-electron chi connectivity index (χ0n) is 22.3. The third kappa shape index (κ3) is 6.18. The zero-order chi connectivity index (χ0) is 27.9. The van der Waals surface area contributed by atoms with Gasteiger partial charge in [0, 0.05) is 42.5 Å². The van der Waals surface area contributed by atoms with Crippen molar-refractivity contribution in [3.05, 3.63) is 53.7 Å². The second kappa shape index (κ2) is 10.9. The van der Waals surface area contributed by atoms with Gasteiger partial charge in [-0.2, -0.15) is 0 Å². The van der Waals surface area contributed by atoms with Crippen molar-refractivity contribution in [1.82, 2.24) is 19.9 Å². The van der Waals surface area contributed by atoms with Crippen molar-refractivity contribution < 1.29 is 17.5 Å². The molecular weight excluding hydrogens is 551 g/mol. The van der Waals surface area contributed by atoms with Crippen LogP contribution in [0.5, 0.6) is 11.6 Å². The lowest BCUT2D eigenvalue weighted by atomic mass is 10.1. The third-order valence-electron chi connectivity index (χ3n) is 7.01. The highest BCUT2D eigenvalue weighted by Crippen LogP contribution is 2.41. The van der Waals surface area contributed by atoms with E-state index < -0.39 is 16.2 Å². The van der Waals surface area contributed by atoms with E-state index in [1.54, 1.807) is 24.4 Å². The van der Waals surface area contributed by atoms with Crippen LogP contribution in [0.4, 0.5) is 16.0 Å². The lowest BCUT2D eigenvalue weighted by Gasteiger charge is -2.32. The van der Waals surface area contributed by atoms with Crippen molar-refractivity contribution in [1.29, 1.82) is 0 Å². The van der Waals surface area contributed by atoms with Gasteiger partial charge in [0.1, 0.15) is 16.8 Å². The highest BCUT2D eigenvalue weighted by atomic mass is 32.2. The number of aryl methyl sites for hydroxylation is 1. The number of hydrogen-bond donors (Lipinski definition) is 2. The molecule has 2 fully saturated rings. The van der Waals surface area contributed by atoms with E-state index in [9.17, 15) is 12.8 Å². The van der Waals surface area contributed by atoms with Gasteiger partial charge in [-0.3, -0.25) is 4.72 Å². The van der Waals surface area contributed by atoms with Crippen LogP contribution >= 0.6 is 11.3 Å². The molecule has 1 aliphatic heterocycles. The van der Waals surface area contributed by atoms with Gasteiger partial charge in [-0.05, 0) is 50.9 Å². The SMILES string of the molecule is Cc1nc(Oc2ccc(NS(=O)(=O)CC3CC3)c3ccccc23)c(-c2ccnc(N[C@H]3C[C@H](F)CN(C)C3)n2)s1. The number of alkyl halides is 1. The number of sulfonamides is 1. The molecule has 12 heteroatoms. The Morgan fingerprint density at radius 1 is 1.10 bits per heavy atom. The van der Waals surface area contributed by atoms with Crippen LogP contribution in [-0.2, 0) is 10.0 Å². The lowest BCUT2D eigenvalue weighted by molar-refractivity contribution is 0.153. The van der Waals surface area contributed by atoms with Crippen LogP contribution in [-0.4, -0.2) is 66.4 Å². The van der Waals surface area contributed by atoms with Gasteiger partial charge < -0.3 is 15.0 Å². The summed E-state index contributed by atoms with van der Waals surface area (Å²) in [5.41, 5.74) is 1.17. The van der Waals surface area contributed by atoms with Crippen LogP contribution in [0, 0.1) is 12.8 Å². The molecule has 0 amide bonds. The number of aromatic nitrogens is 3. The molecular formula is C28H31FN6O3S2. The predicted molar refractivity (Wildman–Crippen MR) is 156 cm³/mol. The molecule has 2 atom stereocenters. The van der Waals surface area contributed by atoms with Gasteiger partial charge in [0.2, 0.25) is 21.9 Å². The summed E-state index contributed by atoms with van der Waals surface area (Å²) in [4.78, 5) is 16.4. The van der Waals surface area contributed by atoms with Crippen LogP contribution in [0.2, 0.25) is 0 Å². The highest BCUT2D eigenvalue weighted by molar-refractivity contribution is 7.92. The molecule has 210 valence electrons. The number of thiazole rings is 1. The van der Waals surface area contributed by atoms with Gasteiger partial charge in [-0.15, -0.1) is 11.3 Å². The molecule has 3 heterocycles. The summed E-state index contributed by atoms with van der Waals surface area (Å²) in [5, 5.41) is 5.59. The van der Waals surface area contributed by atoms with Crippen LogP contribution in [0.15, 0.2) is 48.7 Å². The van der Waals surface area contributed by atoms with E-state index in [1.807, 2.05) is 43.1 Å². The number of piperidine rings is 1. The number of likely N-dealkylation sites (tertiary alicyclic amines) is 1. The van der Waals surface area contributed by atoms with Crippen molar-refractivity contribution in [3.63, 3.8) is 0 Å². The van der Waals surface area contributed by atoms with Gasteiger partial charge >= 0.3 is 0 Å². The Kier molecular flexibility index (Phi) is 7.32. The number of fused-ring (bicyclic) bond motifs is 1. The van der Waals surface area contributed by atoms with Crippen molar-refractivity contribution in [2.24, 2.45) is 5.92 Å². The quantitative estimate of drug-likeness (QED) is 0.268. The number of ether oxygens (including phenoxy) is 1. The van der Waals surface area contributed by atoms with Crippen molar-refractivity contribution in [2.45, 2.75) is 38.4 Å².